The van der Waals surface area contributed by atoms with Crippen molar-refractivity contribution in [2.75, 3.05) is 13.2 Å². The molecular formula is C11H9BrClF3O2. The molecule has 18 heavy (non-hydrogen) atoms. The van der Waals surface area contributed by atoms with Gasteiger partial charge in [-0.05, 0) is 33.6 Å². The van der Waals surface area contributed by atoms with Gasteiger partial charge in [0, 0.05) is 4.47 Å². The minimum Gasteiger partial charge on any atom is -0.371 e. The van der Waals surface area contributed by atoms with E-state index in [2.05, 4.69) is 15.9 Å². The van der Waals surface area contributed by atoms with Gasteiger partial charge >= 0.3 is 6.18 Å². The molecule has 100 valence electrons. The second kappa shape index (κ2) is 5.36. The maximum Gasteiger partial charge on any atom is 0.418 e. The first kappa shape index (κ1) is 14.1. The number of alkyl halides is 3. The Balaban J connectivity index is 2.17. The lowest BCUT2D eigenvalue weighted by Crippen LogP contribution is -2.25. The van der Waals surface area contributed by atoms with Gasteiger partial charge in [0.25, 0.3) is 0 Å². The van der Waals surface area contributed by atoms with E-state index in [-0.39, 0.29) is 23.3 Å². The highest BCUT2D eigenvalue weighted by Crippen LogP contribution is 2.38. The summed E-state index contributed by atoms with van der Waals surface area (Å²) in [5.74, 6) is 0. The first-order valence-electron chi connectivity index (χ1n) is 5.13. The molecule has 0 amide bonds. The fourth-order valence-electron chi connectivity index (χ4n) is 1.42. The topological polar surface area (TPSA) is 21.8 Å². The van der Waals surface area contributed by atoms with Crippen molar-refractivity contribution in [3.63, 3.8) is 0 Å². The number of benzene rings is 1. The van der Waals surface area contributed by atoms with Crippen molar-refractivity contribution in [1.82, 2.24) is 0 Å². The van der Waals surface area contributed by atoms with Crippen LogP contribution in [0.25, 0.3) is 0 Å². The van der Waals surface area contributed by atoms with Crippen LogP contribution in [0.15, 0.2) is 22.7 Å². The summed E-state index contributed by atoms with van der Waals surface area (Å²) in [5, 5.41) is 0.216. The highest BCUT2D eigenvalue weighted by molar-refractivity contribution is 9.10. The Morgan fingerprint density at radius 1 is 1.50 bits per heavy atom. The zero-order chi connectivity index (χ0) is 13.3. The van der Waals surface area contributed by atoms with Gasteiger partial charge in [0.2, 0.25) is 0 Å². The van der Waals surface area contributed by atoms with Crippen LogP contribution in [-0.4, -0.2) is 25.5 Å². The van der Waals surface area contributed by atoms with Crippen LogP contribution in [0.1, 0.15) is 11.7 Å². The zero-order valence-electron chi connectivity index (χ0n) is 9.01. The molecule has 0 spiro atoms. The van der Waals surface area contributed by atoms with Gasteiger partial charge in [-0.2, -0.15) is 13.2 Å². The van der Waals surface area contributed by atoms with Crippen LogP contribution in [-0.2, 0) is 9.47 Å². The van der Waals surface area contributed by atoms with Crippen molar-refractivity contribution in [2.24, 2.45) is 0 Å². The Morgan fingerprint density at radius 2 is 2.17 bits per heavy atom. The number of halogens is 5. The minimum atomic E-state index is -4.48. The third-order valence-corrected chi connectivity index (χ3v) is 3.63. The van der Waals surface area contributed by atoms with Gasteiger partial charge in [-0.3, -0.25) is 0 Å². The maximum absolute atomic E-state index is 12.9. The monoisotopic (exact) mass is 344 g/mol. The summed E-state index contributed by atoms with van der Waals surface area (Å²) in [7, 11) is 0. The largest absolute Gasteiger partial charge is 0.418 e. The van der Waals surface area contributed by atoms with E-state index in [1.54, 1.807) is 0 Å². The molecule has 1 saturated heterocycles. The lowest BCUT2D eigenvalue weighted by atomic mass is 10.1. The zero-order valence-corrected chi connectivity index (χ0v) is 11.3. The van der Waals surface area contributed by atoms with E-state index in [1.807, 2.05) is 0 Å². The Kier molecular flexibility index (Phi) is 4.21. The second-order valence-corrected chi connectivity index (χ2v) is 5.15. The molecule has 2 nitrogen and oxygen atoms in total. The maximum atomic E-state index is 12.9. The molecule has 0 saturated carbocycles. The number of hydrogen-bond acceptors (Lipinski definition) is 2. The summed E-state index contributed by atoms with van der Waals surface area (Å²) in [6.45, 7) is 0.379. The summed E-state index contributed by atoms with van der Waals surface area (Å²) in [4.78, 5) is 0. The smallest absolute Gasteiger partial charge is 0.371 e. The number of rotatable bonds is 4. The molecule has 2 rings (SSSR count). The van der Waals surface area contributed by atoms with Crippen molar-refractivity contribution in [1.29, 1.82) is 0 Å². The van der Waals surface area contributed by atoms with Crippen LogP contribution >= 0.6 is 27.5 Å². The van der Waals surface area contributed by atoms with Gasteiger partial charge in [0.15, 0.2) is 6.10 Å². The Labute approximate surface area is 115 Å². The first-order chi connectivity index (χ1) is 8.38. The average molecular weight is 346 g/mol. The number of hydrogen-bond donors (Lipinski definition) is 0. The van der Waals surface area contributed by atoms with E-state index in [4.69, 9.17) is 21.1 Å². The molecule has 1 heterocycles. The van der Waals surface area contributed by atoms with Gasteiger partial charge in [-0.15, -0.1) is 0 Å². The second-order valence-electron chi connectivity index (χ2n) is 3.88. The van der Waals surface area contributed by atoms with E-state index in [1.165, 1.54) is 18.2 Å². The van der Waals surface area contributed by atoms with Gasteiger partial charge in [0.1, 0.15) is 6.10 Å². The van der Waals surface area contributed by atoms with Crippen molar-refractivity contribution >= 4 is 27.5 Å². The molecule has 1 aromatic carbocycles. The normalized spacial score (nSPS) is 20.8. The fourth-order valence-corrected chi connectivity index (χ4v) is 1.86. The van der Waals surface area contributed by atoms with Crippen molar-refractivity contribution in [3.05, 3.63) is 33.3 Å². The molecule has 0 radical (unpaired) electrons. The van der Waals surface area contributed by atoms with Crippen LogP contribution in [0.3, 0.4) is 0 Å². The van der Waals surface area contributed by atoms with Gasteiger partial charge < -0.3 is 9.47 Å². The number of ether oxygens (including phenoxy) is 2. The van der Waals surface area contributed by atoms with Crippen LogP contribution in [0.4, 0.5) is 13.2 Å². The molecular weight excluding hydrogens is 336 g/mol. The Morgan fingerprint density at radius 3 is 2.67 bits per heavy atom. The molecule has 1 fully saturated rings. The van der Waals surface area contributed by atoms with Crippen LogP contribution < -0.4 is 0 Å². The SMILES string of the molecule is FC(F)(F)C(OCC1CO1)c1ccc(Br)c(Cl)c1. The Hall–Kier alpha value is -0.300. The van der Waals surface area contributed by atoms with E-state index in [0.717, 1.165) is 0 Å². The molecule has 2 atom stereocenters. The summed E-state index contributed by atoms with van der Waals surface area (Å²) in [6, 6.07) is 4.05. The molecule has 1 aliphatic heterocycles. The number of epoxide rings is 1. The summed E-state index contributed by atoms with van der Waals surface area (Å²) in [5.41, 5.74) is -0.0173. The predicted octanol–water partition coefficient (Wildman–Crippen LogP) is 4.12. The van der Waals surface area contributed by atoms with Crippen molar-refractivity contribution < 1.29 is 22.6 Å². The lowest BCUT2D eigenvalue weighted by molar-refractivity contribution is -0.224. The van der Waals surface area contributed by atoms with Gasteiger partial charge in [-0.1, -0.05) is 17.7 Å². The van der Waals surface area contributed by atoms with Crippen LogP contribution in [0, 0.1) is 0 Å². The highest BCUT2D eigenvalue weighted by Gasteiger charge is 2.43. The summed E-state index contributed by atoms with van der Waals surface area (Å²) in [6.07, 6.45) is -6.68. The van der Waals surface area contributed by atoms with Gasteiger partial charge in [-0.25, -0.2) is 0 Å². The molecule has 0 aromatic heterocycles. The molecule has 7 heteroatoms. The summed E-state index contributed by atoms with van der Waals surface area (Å²) < 4.78 is 48.9. The van der Waals surface area contributed by atoms with E-state index >= 15 is 0 Å². The third kappa shape index (κ3) is 3.60. The van der Waals surface area contributed by atoms with E-state index in [0.29, 0.717) is 11.1 Å². The first-order valence-corrected chi connectivity index (χ1v) is 6.30. The van der Waals surface area contributed by atoms with E-state index in [9.17, 15) is 13.2 Å². The lowest BCUT2D eigenvalue weighted by Gasteiger charge is -2.21. The minimum absolute atomic E-state index is 0.0173. The van der Waals surface area contributed by atoms with Gasteiger partial charge in [0.05, 0.1) is 18.2 Å². The molecule has 2 unspecified atom stereocenters. The summed E-state index contributed by atoms with van der Waals surface area (Å²) >= 11 is 8.92. The fraction of sp³-hybridized carbons (Fsp3) is 0.455. The molecule has 1 aliphatic rings. The molecule has 1 aromatic rings. The van der Waals surface area contributed by atoms with Crippen molar-refractivity contribution in [2.45, 2.75) is 18.4 Å². The molecule has 0 aliphatic carbocycles. The van der Waals surface area contributed by atoms with Crippen LogP contribution in [0.5, 0.6) is 0 Å². The average Bonchev–Trinajstić information content (AvgIpc) is 3.05. The van der Waals surface area contributed by atoms with Crippen LogP contribution in [0.2, 0.25) is 5.02 Å². The van der Waals surface area contributed by atoms with Crippen molar-refractivity contribution in [3.8, 4) is 0 Å². The Bertz CT molecular complexity index is 435. The molecule has 0 N–H and O–H groups in total. The third-order valence-electron chi connectivity index (χ3n) is 2.39. The quantitative estimate of drug-likeness (QED) is 0.766. The standard InChI is InChI=1S/C11H9BrClF3O2/c12-8-2-1-6(3-9(8)13)10(11(14,15)16)18-5-7-4-17-7/h1-3,7,10H,4-5H2. The predicted molar refractivity (Wildman–Crippen MR) is 63.6 cm³/mol. The highest BCUT2D eigenvalue weighted by atomic mass is 79.9. The van der Waals surface area contributed by atoms with E-state index < -0.39 is 12.3 Å². The molecule has 0 bridgehead atoms.